The van der Waals surface area contributed by atoms with Crippen molar-refractivity contribution in [2.75, 3.05) is 10.6 Å². The summed E-state index contributed by atoms with van der Waals surface area (Å²) in [6, 6.07) is 15.8. The van der Waals surface area contributed by atoms with Crippen LogP contribution in [-0.2, 0) is 10.8 Å². The molecule has 0 spiro atoms. The first-order valence-electron chi connectivity index (χ1n) is 11.6. The summed E-state index contributed by atoms with van der Waals surface area (Å²) in [5.74, 6) is -1.51. The van der Waals surface area contributed by atoms with Crippen LogP contribution in [-0.4, -0.2) is 28.0 Å². The lowest BCUT2D eigenvalue weighted by atomic mass is 9.78. The number of hydrogen-bond acceptors (Lipinski definition) is 4. The minimum Gasteiger partial charge on any atom is -0.507 e. The van der Waals surface area contributed by atoms with Crippen molar-refractivity contribution in [1.29, 1.82) is 0 Å². The predicted molar refractivity (Wildman–Crippen MR) is 141 cm³/mol. The highest BCUT2D eigenvalue weighted by atomic mass is 16.4. The van der Waals surface area contributed by atoms with Gasteiger partial charge in [0.15, 0.2) is 0 Å². The smallest absolute Gasteiger partial charge is 0.335 e. The molecule has 0 aliphatic rings. The number of benzene rings is 3. The first kappa shape index (κ1) is 26.5. The summed E-state index contributed by atoms with van der Waals surface area (Å²) >= 11 is 0. The van der Waals surface area contributed by atoms with Crippen LogP contribution in [0.3, 0.4) is 0 Å². The molecule has 0 fully saturated rings. The van der Waals surface area contributed by atoms with Gasteiger partial charge in [0.1, 0.15) is 5.75 Å². The van der Waals surface area contributed by atoms with Crippen LogP contribution in [0.2, 0.25) is 0 Å². The second-order valence-corrected chi connectivity index (χ2v) is 10.8. The Balaban J connectivity index is 1.77. The van der Waals surface area contributed by atoms with Gasteiger partial charge in [-0.2, -0.15) is 0 Å². The number of anilines is 2. The Hall–Kier alpha value is -4.13. The summed E-state index contributed by atoms with van der Waals surface area (Å²) in [6.45, 7) is 11.9. The first-order chi connectivity index (χ1) is 16.7. The number of carbonyl (C=O) groups excluding carboxylic acids is 2. The van der Waals surface area contributed by atoms with E-state index >= 15 is 0 Å². The molecule has 188 valence electrons. The van der Waals surface area contributed by atoms with Crippen molar-refractivity contribution in [2.45, 2.75) is 52.4 Å². The molecule has 2 amide bonds. The van der Waals surface area contributed by atoms with Crippen molar-refractivity contribution >= 4 is 29.2 Å². The fraction of sp³-hybridized carbons (Fsp3) is 0.276. The van der Waals surface area contributed by atoms with Crippen LogP contribution in [0.25, 0.3) is 0 Å². The van der Waals surface area contributed by atoms with Crippen molar-refractivity contribution < 1.29 is 24.6 Å². The highest BCUT2D eigenvalue weighted by Gasteiger charge is 2.27. The molecular weight excluding hydrogens is 456 g/mol. The molecule has 0 aliphatic carbocycles. The third kappa shape index (κ3) is 6.10. The van der Waals surface area contributed by atoms with E-state index in [1.165, 1.54) is 24.3 Å². The van der Waals surface area contributed by atoms with E-state index in [4.69, 9.17) is 5.11 Å². The average Bonchev–Trinajstić information content (AvgIpc) is 2.78. The molecule has 0 aliphatic heterocycles. The quantitative estimate of drug-likeness (QED) is 0.342. The van der Waals surface area contributed by atoms with Crippen LogP contribution in [0.15, 0.2) is 60.7 Å². The van der Waals surface area contributed by atoms with Crippen LogP contribution in [0.5, 0.6) is 5.75 Å². The standard InChI is InChI=1S/C29H32N2O5/c1-28(2,3)22-15-19(16-23(24(22)32)29(4,5)6)26(34)31-20-11-7-17(8-12-20)25(33)30-21-13-9-18(10-14-21)27(35)36/h7-16,32H,1-6H3,(H,30,33)(H,31,34)(H,35,36). The maximum Gasteiger partial charge on any atom is 0.335 e. The molecule has 7 heteroatoms. The van der Waals surface area contributed by atoms with Crippen LogP contribution < -0.4 is 10.6 Å². The maximum absolute atomic E-state index is 13.1. The summed E-state index contributed by atoms with van der Waals surface area (Å²) < 4.78 is 0. The first-order valence-corrected chi connectivity index (χ1v) is 11.6. The highest BCUT2D eigenvalue weighted by molar-refractivity contribution is 6.06. The van der Waals surface area contributed by atoms with E-state index in [0.717, 1.165) is 0 Å². The number of carboxylic acid groups (broad SMARTS) is 1. The molecule has 3 rings (SSSR count). The topological polar surface area (TPSA) is 116 Å². The van der Waals surface area contributed by atoms with E-state index in [9.17, 15) is 19.5 Å². The van der Waals surface area contributed by atoms with E-state index in [1.807, 2.05) is 41.5 Å². The van der Waals surface area contributed by atoms with Gasteiger partial charge >= 0.3 is 5.97 Å². The fourth-order valence-electron chi connectivity index (χ4n) is 3.72. The largest absolute Gasteiger partial charge is 0.507 e. The van der Waals surface area contributed by atoms with E-state index < -0.39 is 5.97 Å². The lowest BCUT2D eigenvalue weighted by Gasteiger charge is -2.28. The molecule has 0 saturated carbocycles. The molecule has 36 heavy (non-hydrogen) atoms. The fourth-order valence-corrected chi connectivity index (χ4v) is 3.72. The predicted octanol–water partition coefficient (Wildman–Crippen LogP) is 6.19. The number of aromatic hydroxyl groups is 1. The normalized spacial score (nSPS) is 11.6. The summed E-state index contributed by atoms with van der Waals surface area (Å²) in [5.41, 5.74) is 2.62. The number of carbonyl (C=O) groups is 3. The van der Waals surface area contributed by atoms with E-state index in [2.05, 4.69) is 10.6 Å². The Labute approximate surface area is 211 Å². The zero-order valence-corrected chi connectivity index (χ0v) is 21.4. The van der Waals surface area contributed by atoms with Crippen LogP contribution in [0.1, 0.15) is 83.7 Å². The lowest BCUT2D eigenvalue weighted by molar-refractivity contribution is 0.0696. The number of amides is 2. The molecule has 7 nitrogen and oxygen atoms in total. The maximum atomic E-state index is 13.1. The zero-order chi connectivity index (χ0) is 26.8. The molecule has 3 aromatic carbocycles. The summed E-state index contributed by atoms with van der Waals surface area (Å²) in [4.78, 5) is 36.6. The van der Waals surface area contributed by atoms with E-state index in [-0.39, 0.29) is 34.0 Å². The molecule has 3 aromatic rings. The summed E-state index contributed by atoms with van der Waals surface area (Å²) in [7, 11) is 0. The van der Waals surface area contributed by atoms with Gasteiger partial charge in [-0.25, -0.2) is 4.79 Å². The Kier molecular flexibility index (Phi) is 7.25. The number of carboxylic acids is 1. The lowest BCUT2D eigenvalue weighted by Crippen LogP contribution is -2.20. The van der Waals surface area contributed by atoms with Crippen molar-refractivity contribution in [3.63, 3.8) is 0 Å². The van der Waals surface area contributed by atoms with Crippen molar-refractivity contribution in [2.24, 2.45) is 0 Å². The van der Waals surface area contributed by atoms with Crippen molar-refractivity contribution in [3.05, 3.63) is 88.5 Å². The number of phenols is 1. The van der Waals surface area contributed by atoms with E-state index in [0.29, 0.717) is 33.6 Å². The molecule has 0 aromatic heterocycles. The van der Waals surface area contributed by atoms with Crippen molar-refractivity contribution in [1.82, 2.24) is 0 Å². The monoisotopic (exact) mass is 488 g/mol. The molecule has 0 heterocycles. The van der Waals surface area contributed by atoms with Gasteiger partial charge in [0, 0.05) is 33.6 Å². The molecule has 0 unspecified atom stereocenters. The molecule has 0 atom stereocenters. The number of aromatic carboxylic acids is 1. The Morgan fingerprint density at radius 1 is 0.611 bits per heavy atom. The average molecular weight is 489 g/mol. The minimum absolute atomic E-state index is 0.131. The van der Waals surface area contributed by atoms with Gasteiger partial charge in [-0.1, -0.05) is 41.5 Å². The Morgan fingerprint density at radius 2 is 0.972 bits per heavy atom. The molecular formula is C29H32N2O5. The van der Waals surface area contributed by atoms with Crippen LogP contribution >= 0.6 is 0 Å². The van der Waals surface area contributed by atoms with Crippen LogP contribution in [0, 0.1) is 0 Å². The van der Waals surface area contributed by atoms with Gasteiger partial charge in [0.25, 0.3) is 11.8 Å². The van der Waals surface area contributed by atoms with Crippen molar-refractivity contribution in [3.8, 4) is 5.75 Å². The third-order valence-corrected chi connectivity index (χ3v) is 5.78. The Morgan fingerprint density at radius 3 is 1.33 bits per heavy atom. The second kappa shape index (κ2) is 9.85. The van der Waals surface area contributed by atoms with E-state index in [1.54, 1.807) is 36.4 Å². The highest BCUT2D eigenvalue weighted by Crippen LogP contribution is 2.39. The van der Waals surface area contributed by atoms with Gasteiger partial charge in [0.2, 0.25) is 0 Å². The number of rotatable bonds is 5. The molecule has 0 saturated heterocycles. The summed E-state index contributed by atoms with van der Waals surface area (Å²) in [6.07, 6.45) is 0. The van der Waals surface area contributed by atoms with Gasteiger partial charge in [0.05, 0.1) is 5.56 Å². The summed E-state index contributed by atoms with van der Waals surface area (Å²) in [5, 5.41) is 25.4. The molecule has 0 radical (unpaired) electrons. The third-order valence-electron chi connectivity index (χ3n) is 5.78. The SMILES string of the molecule is CC(C)(C)c1cc(C(=O)Nc2ccc(C(=O)Nc3ccc(C(=O)O)cc3)cc2)cc(C(C)(C)C)c1O. The second-order valence-electron chi connectivity index (χ2n) is 10.8. The van der Waals surface area contributed by atoms with Gasteiger partial charge in [-0.15, -0.1) is 0 Å². The van der Waals surface area contributed by atoms with Gasteiger partial charge in [-0.3, -0.25) is 9.59 Å². The molecule has 4 N–H and O–H groups in total. The number of nitrogens with one attached hydrogen (secondary N) is 2. The molecule has 0 bridgehead atoms. The number of hydrogen-bond donors (Lipinski definition) is 4. The Bertz CT molecular complexity index is 1260. The van der Waals surface area contributed by atoms with Crippen LogP contribution in [0.4, 0.5) is 11.4 Å². The van der Waals surface area contributed by atoms with Gasteiger partial charge < -0.3 is 20.8 Å². The van der Waals surface area contributed by atoms with Gasteiger partial charge in [-0.05, 0) is 71.5 Å². The minimum atomic E-state index is -1.04. The zero-order valence-electron chi connectivity index (χ0n) is 21.4. The number of phenolic OH excluding ortho intramolecular Hbond substituents is 1.